The minimum atomic E-state index is 0.0514. The van der Waals surface area contributed by atoms with Crippen LogP contribution in [0.3, 0.4) is 0 Å². The molecular formula is C20H16N6S. The Kier molecular flexibility index (Phi) is 3.68. The molecule has 0 spiro atoms. The van der Waals surface area contributed by atoms with Gasteiger partial charge in [0.2, 0.25) is 0 Å². The average molecular weight is 372 g/mol. The molecular weight excluding hydrogens is 356 g/mol. The van der Waals surface area contributed by atoms with Gasteiger partial charge in [-0.2, -0.15) is 14.0 Å². The zero-order valence-electron chi connectivity index (χ0n) is 14.9. The minimum absolute atomic E-state index is 0.0514. The summed E-state index contributed by atoms with van der Waals surface area (Å²) >= 11 is 1.45. The second-order valence-corrected chi connectivity index (χ2v) is 7.36. The molecule has 7 heteroatoms. The van der Waals surface area contributed by atoms with E-state index in [0.717, 1.165) is 44.2 Å². The van der Waals surface area contributed by atoms with E-state index in [1.165, 1.54) is 11.5 Å². The van der Waals surface area contributed by atoms with Gasteiger partial charge in [-0.05, 0) is 60.4 Å². The molecule has 0 amide bonds. The number of fused-ring (bicyclic) bond motifs is 2. The highest BCUT2D eigenvalue weighted by Crippen LogP contribution is 2.27. The lowest BCUT2D eigenvalue weighted by Crippen LogP contribution is -2.05. The standard InChI is InChI=1S/C20H16N6S/c1-12-10-18(27-25-12)17-7-8-19-22-23-20(26(19)24-17)13(2)14-5-6-16-15(11-14)4-3-9-21-16/h3-11,13H,1-2H3. The van der Waals surface area contributed by atoms with E-state index < -0.39 is 0 Å². The quantitative estimate of drug-likeness (QED) is 0.473. The summed E-state index contributed by atoms with van der Waals surface area (Å²) in [4.78, 5) is 5.43. The number of nitrogens with zero attached hydrogens (tertiary/aromatic N) is 6. The number of aryl methyl sites for hydroxylation is 1. The summed E-state index contributed by atoms with van der Waals surface area (Å²) in [7, 11) is 0. The van der Waals surface area contributed by atoms with Gasteiger partial charge in [-0.15, -0.1) is 10.2 Å². The summed E-state index contributed by atoms with van der Waals surface area (Å²) in [6.07, 6.45) is 1.81. The molecule has 5 aromatic rings. The fourth-order valence-electron chi connectivity index (χ4n) is 3.20. The Morgan fingerprint density at radius 2 is 1.96 bits per heavy atom. The van der Waals surface area contributed by atoms with Gasteiger partial charge in [0.15, 0.2) is 11.5 Å². The number of pyridine rings is 1. The van der Waals surface area contributed by atoms with Crippen LogP contribution in [0.4, 0.5) is 0 Å². The lowest BCUT2D eigenvalue weighted by molar-refractivity contribution is 0.753. The van der Waals surface area contributed by atoms with Crippen LogP contribution in [0.5, 0.6) is 0 Å². The summed E-state index contributed by atoms with van der Waals surface area (Å²) in [6, 6.07) is 16.3. The normalized spacial score (nSPS) is 12.7. The summed E-state index contributed by atoms with van der Waals surface area (Å²) < 4.78 is 6.19. The SMILES string of the molecule is Cc1cc(-c2ccc3nnc(C(C)c4ccc5ncccc5c4)n3n2)sn1. The van der Waals surface area contributed by atoms with Crippen LogP contribution >= 0.6 is 11.5 Å². The molecule has 1 aromatic carbocycles. The lowest BCUT2D eigenvalue weighted by atomic mass is 9.98. The molecule has 4 heterocycles. The Bertz CT molecular complexity index is 1270. The first-order valence-electron chi connectivity index (χ1n) is 8.70. The van der Waals surface area contributed by atoms with E-state index >= 15 is 0 Å². The van der Waals surface area contributed by atoms with Crippen molar-refractivity contribution in [1.29, 1.82) is 0 Å². The maximum absolute atomic E-state index is 4.78. The molecule has 0 aliphatic heterocycles. The maximum Gasteiger partial charge on any atom is 0.177 e. The Labute approximate surface area is 159 Å². The first-order chi connectivity index (χ1) is 13.2. The van der Waals surface area contributed by atoms with E-state index in [4.69, 9.17) is 5.10 Å². The molecule has 0 aliphatic carbocycles. The number of rotatable bonds is 3. The summed E-state index contributed by atoms with van der Waals surface area (Å²) in [5.41, 5.74) is 4.76. The van der Waals surface area contributed by atoms with Crippen LogP contribution in [0.25, 0.3) is 27.1 Å². The van der Waals surface area contributed by atoms with Gasteiger partial charge in [0.1, 0.15) is 5.69 Å². The van der Waals surface area contributed by atoms with Crippen molar-refractivity contribution < 1.29 is 0 Å². The van der Waals surface area contributed by atoms with E-state index in [0.29, 0.717) is 0 Å². The second-order valence-electron chi connectivity index (χ2n) is 6.56. The van der Waals surface area contributed by atoms with Gasteiger partial charge in [0.05, 0.1) is 16.1 Å². The highest BCUT2D eigenvalue weighted by Gasteiger charge is 2.18. The summed E-state index contributed by atoms with van der Waals surface area (Å²) in [5.74, 6) is 0.867. The molecule has 0 bridgehead atoms. The van der Waals surface area contributed by atoms with E-state index in [-0.39, 0.29) is 5.92 Å². The highest BCUT2D eigenvalue weighted by atomic mass is 32.1. The van der Waals surface area contributed by atoms with E-state index in [2.05, 4.69) is 44.7 Å². The first kappa shape index (κ1) is 16.0. The molecule has 5 rings (SSSR count). The maximum atomic E-state index is 4.78. The molecule has 132 valence electrons. The largest absolute Gasteiger partial charge is 0.256 e. The third-order valence-electron chi connectivity index (χ3n) is 4.68. The van der Waals surface area contributed by atoms with Crippen LogP contribution in [0.1, 0.15) is 29.9 Å². The predicted octanol–water partition coefficient (Wildman–Crippen LogP) is 4.26. The molecule has 1 unspecified atom stereocenters. The summed E-state index contributed by atoms with van der Waals surface area (Å²) in [5, 5.41) is 14.6. The first-order valence-corrected chi connectivity index (χ1v) is 9.47. The minimum Gasteiger partial charge on any atom is -0.256 e. The third-order valence-corrected chi connectivity index (χ3v) is 5.58. The van der Waals surface area contributed by atoms with Crippen LogP contribution in [0.15, 0.2) is 54.7 Å². The van der Waals surface area contributed by atoms with Gasteiger partial charge >= 0.3 is 0 Å². The van der Waals surface area contributed by atoms with Crippen molar-refractivity contribution in [2.45, 2.75) is 19.8 Å². The average Bonchev–Trinajstić information content (AvgIpc) is 3.32. The Hall–Kier alpha value is -3.19. The lowest BCUT2D eigenvalue weighted by Gasteiger charge is -2.11. The van der Waals surface area contributed by atoms with Crippen molar-refractivity contribution in [3.05, 3.63) is 71.8 Å². The molecule has 0 aliphatic rings. The van der Waals surface area contributed by atoms with Crippen LogP contribution in [0.2, 0.25) is 0 Å². The predicted molar refractivity (Wildman–Crippen MR) is 106 cm³/mol. The highest BCUT2D eigenvalue weighted by molar-refractivity contribution is 7.09. The van der Waals surface area contributed by atoms with Crippen molar-refractivity contribution in [2.75, 3.05) is 0 Å². The monoisotopic (exact) mass is 372 g/mol. The van der Waals surface area contributed by atoms with Crippen molar-refractivity contribution in [2.24, 2.45) is 0 Å². The Balaban J connectivity index is 1.60. The molecule has 27 heavy (non-hydrogen) atoms. The van der Waals surface area contributed by atoms with E-state index in [9.17, 15) is 0 Å². The van der Waals surface area contributed by atoms with Crippen molar-refractivity contribution in [3.63, 3.8) is 0 Å². The van der Waals surface area contributed by atoms with Gasteiger partial charge in [0.25, 0.3) is 0 Å². The van der Waals surface area contributed by atoms with Crippen LogP contribution in [-0.4, -0.2) is 29.2 Å². The van der Waals surface area contributed by atoms with E-state index in [1.54, 1.807) is 0 Å². The van der Waals surface area contributed by atoms with Gasteiger partial charge in [-0.1, -0.05) is 19.1 Å². The molecule has 0 fully saturated rings. The van der Waals surface area contributed by atoms with Crippen molar-refractivity contribution in [3.8, 4) is 10.6 Å². The number of benzene rings is 1. The molecule has 6 nitrogen and oxygen atoms in total. The van der Waals surface area contributed by atoms with Gasteiger partial charge in [-0.3, -0.25) is 4.98 Å². The molecule has 0 radical (unpaired) electrons. The van der Waals surface area contributed by atoms with Crippen LogP contribution < -0.4 is 0 Å². The molecule has 1 atom stereocenters. The van der Waals surface area contributed by atoms with Crippen LogP contribution in [-0.2, 0) is 0 Å². The Morgan fingerprint density at radius 3 is 2.81 bits per heavy atom. The fraction of sp³-hybridized carbons (Fsp3) is 0.150. The zero-order valence-corrected chi connectivity index (χ0v) is 15.7. The van der Waals surface area contributed by atoms with Gasteiger partial charge < -0.3 is 0 Å². The molecule has 0 saturated heterocycles. The topological polar surface area (TPSA) is 68.9 Å². The molecule has 0 N–H and O–H groups in total. The van der Waals surface area contributed by atoms with Crippen molar-refractivity contribution >= 4 is 28.1 Å². The fourth-order valence-corrected chi connectivity index (χ4v) is 3.92. The van der Waals surface area contributed by atoms with Crippen LogP contribution in [0, 0.1) is 6.92 Å². The van der Waals surface area contributed by atoms with Crippen molar-refractivity contribution in [1.82, 2.24) is 29.2 Å². The summed E-state index contributed by atoms with van der Waals surface area (Å²) in [6.45, 7) is 4.11. The number of hydrogen-bond acceptors (Lipinski definition) is 6. The molecule has 0 saturated carbocycles. The number of aromatic nitrogens is 6. The molecule has 4 aromatic heterocycles. The third kappa shape index (κ3) is 2.76. The smallest absolute Gasteiger partial charge is 0.177 e. The van der Waals surface area contributed by atoms with E-state index in [1.807, 2.05) is 48.0 Å². The number of hydrogen-bond donors (Lipinski definition) is 0. The Morgan fingerprint density at radius 1 is 1.04 bits per heavy atom. The second kappa shape index (κ2) is 6.21. The van der Waals surface area contributed by atoms with Gasteiger partial charge in [-0.25, -0.2) is 0 Å². The zero-order chi connectivity index (χ0) is 18.4. The van der Waals surface area contributed by atoms with Gasteiger partial charge in [0, 0.05) is 17.5 Å².